The highest BCUT2D eigenvalue weighted by molar-refractivity contribution is 5.42. The first-order valence-electron chi connectivity index (χ1n) is 5.96. The number of methoxy groups -OCH3 is 2. The van der Waals surface area contributed by atoms with E-state index in [1.807, 2.05) is 18.2 Å². The second-order valence-electron chi connectivity index (χ2n) is 3.76. The van der Waals surface area contributed by atoms with Gasteiger partial charge in [-0.3, -0.25) is 0 Å². The molecular formula is C14H21NO3. The molecule has 0 amide bonds. The maximum Gasteiger partial charge on any atom is 0.161 e. The van der Waals surface area contributed by atoms with Gasteiger partial charge in [0.15, 0.2) is 11.5 Å². The molecule has 4 nitrogen and oxygen atoms in total. The lowest BCUT2D eigenvalue weighted by molar-refractivity contribution is 0.244. The fourth-order valence-electron chi connectivity index (χ4n) is 1.59. The minimum atomic E-state index is 0.697. The molecule has 1 aromatic rings. The molecule has 0 radical (unpaired) electrons. The second-order valence-corrected chi connectivity index (χ2v) is 3.76. The van der Waals surface area contributed by atoms with Crippen LogP contribution in [0.5, 0.6) is 11.5 Å². The fourth-order valence-corrected chi connectivity index (χ4v) is 1.59. The molecule has 1 N–H and O–H groups in total. The lowest BCUT2D eigenvalue weighted by Crippen LogP contribution is -2.16. The molecule has 1 aromatic carbocycles. The molecular weight excluding hydrogens is 230 g/mol. The molecule has 1 rings (SSSR count). The predicted molar refractivity (Wildman–Crippen MR) is 72.0 cm³/mol. The van der Waals surface area contributed by atoms with Crippen LogP contribution < -0.4 is 14.8 Å². The lowest BCUT2D eigenvalue weighted by atomic mass is 10.2. The van der Waals surface area contributed by atoms with E-state index < -0.39 is 0 Å². The zero-order chi connectivity index (χ0) is 13.2. The Morgan fingerprint density at radius 1 is 1.22 bits per heavy atom. The van der Waals surface area contributed by atoms with Crippen molar-refractivity contribution in [2.24, 2.45) is 0 Å². The average Bonchev–Trinajstić information content (AvgIpc) is 2.42. The van der Waals surface area contributed by atoms with E-state index in [0.29, 0.717) is 6.61 Å². The zero-order valence-electron chi connectivity index (χ0n) is 11.1. The Balaban J connectivity index is 2.36. The first kappa shape index (κ1) is 14.4. The van der Waals surface area contributed by atoms with Gasteiger partial charge in [-0.05, 0) is 30.7 Å². The molecule has 0 spiro atoms. The molecule has 0 bridgehead atoms. The van der Waals surface area contributed by atoms with Crippen molar-refractivity contribution in [3.63, 3.8) is 0 Å². The fraction of sp³-hybridized carbons (Fsp3) is 0.429. The lowest BCUT2D eigenvalue weighted by Gasteiger charge is -2.10. The van der Waals surface area contributed by atoms with Crippen LogP contribution in [-0.2, 0) is 11.3 Å². The Hall–Kier alpha value is -1.68. The van der Waals surface area contributed by atoms with E-state index in [1.165, 1.54) is 6.26 Å². The molecule has 0 aliphatic heterocycles. The van der Waals surface area contributed by atoms with Crippen LogP contribution in [0.4, 0.5) is 0 Å². The highest BCUT2D eigenvalue weighted by Crippen LogP contribution is 2.27. The summed E-state index contributed by atoms with van der Waals surface area (Å²) >= 11 is 0. The molecule has 0 aromatic heterocycles. The maximum atomic E-state index is 5.25. The van der Waals surface area contributed by atoms with Crippen LogP contribution in [-0.4, -0.2) is 27.4 Å². The van der Waals surface area contributed by atoms with Crippen molar-refractivity contribution in [2.45, 2.75) is 13.0 Å². The summed E-state index contributed by atoms with van der Waals surface area (Å²) in [6, 6.07) is 5.91. The van der Waals surface area contributed by atoms with E-state index in [1.54, 1.807) is 14.2 Å². The topological polar surface area (TPSA) is 39.7 Å². The van der Waals surface area contributed by atoms with Crippen LogP contribution in [0.3, 0.4) is 0 Å². The van der Waals surface area contributed by atoms with E-state index in [4.69, 9.17) is 14.2 Å². The summed E-state index contributed by atoms with van der Waals surface area (Å²) in [6.45, 7) is 5.89. The summed E-state index contributed by atoms with van der Waals surface area (Å²) in [5.74, 6) is 1.51. The molecule has 0 heterocycles. The summed E-state index contributed by atoms with van der Waals surface area (Å²) in [6.07, 6.45) is 2.42. The van der Waals surface area contributed by atoms with Crippen LogP contribution in [0.2, 0.25) is 0 Å². The molecule has 18 heavy (non-hydrogen) atoms. The predicted octanol–water partition coefficient (Wildman–Crippen LogP) is 2.34. The van der Waals surface area contributed by atoms with Gasteiger partial charge in [-0.25, -0.2) is 0 Å². The third-order valence-electron chi connectivity index (χ3n) is 2.51. The van der Waals surface area contributed by atoms with Crippen molar-refractivity contribution >= 4 is 0 Å². The standard InChI is InChI=1S/C14H21NO3/c1-4-18-9-5-8-15-11-12-6-7-13(16-2)14(10-12)17-3/h4,6-7,10,15H,1,5,8-9,11H2,2-3H3. The molecule has 0 unspecified atom stereocenters. The van der Waals surface area contributed by atoms with Gasteiger partial charge in [0, 0.05) is 6.54 Å². The third-order valence-corrected chi connectivity index (χ3v) is 2.51. The first-order valence-corrected chi connectivity index (χ1v) is 5.96. The monoisotopic (exact) mass is 251 g/mol. The number of rotatable bonds is 9. The van der Waals surface area contributed by atoms with Gasteiger partial charge in [0.2, 0.25) is 0 Å². The zero-order valence-corrected chi connectivity index (χ0v) is 11.1. The second kappa shape index (κ2) is 8.42. The Morgan fingerprint density at radius 2 is 2.00 bits per heavy atom. The van der Waals surface area contributed by atoms with E-state index in [2.05, 4.69) is 11.9 Å². The highest BCUT2D eigenvalue weighted by Gasteiger charge is 2.03. The van der Waals surface area contributed by atoms with Gasteiger partial charge in [-0.15, -0.1) is 0 Å². The molecule has 100 valence electrons. The van der Waals surface area contributed by atoms with Gasteiger partial charge in [0.05, 0.1) is 27.1 Å². The summed E-state index contributed by atoms with van der Waals surface area (Å²) < 4.78 is 15.5. The third kappa shape index (κ3) is 4.67. The van der Waals surface area contributed by atoms with Crippen LogP contribution in [0.15, 0.2) is 31.0 Å². The number of benzene rings is 1. The van der Waals surface area contributed by atoms with Crippen molar-refractivity contribution in [2.75, 3.05) is 27.4 Å². The summed E-state index contributed by atoms with van der Waals surface area (Å²) in [5.41, 5.74) is 1.16. The number of ether oxygens (including phenoxy) is 3. The molecule has 0 saturated heterocycles. The number of nitrogens with one attached hydrogen (secondary N) is 1. The molecule has 4 heteroatoms. The SMILES string of the molecule is C=COCCCNCc1ccc(OC)c(OC)c1. The Morgan fingerprint density at radius 3 is 2.67 bits per heavy atom. The van der Waals surface area contributed by atoms with Crippen molar-refractivity contribution in [1.29, 1.82) is 0 Å². The first-order chi connectivity index (χ1) is 8.81. The minimum Gasteiger partial charge on any atom is -0.502 e. The van der Waals surface area contributed by atoms with Crippen LogP contribution in [0, 0.1) is 0 Å². The Kier molecular flexibility index (Phi) is 6.72. The van der Waals surface area contributed by atoms with Gasteiger partial charge in [-0.2, -0.15) is 0 Å². The molecule has 0 atom stereocenters. The van der Waals surface area contributed by atoms with Crippen molar-refractivity contribution in [3.8, 4) is 11.5 Å². The Labute approximate surface area is 109 Å². The molecule has 0 aliphatic carbocycles. The van der Waals surface area contributed by atoms with Gasteiger partial charge in [0.1, 0.15) is 0 Å². The number of hydrogen-bond donors (Lipinski definition) is 1. The van der Waals surface area contributed by atoms with Gasteiger partial charge < -0.3 is 19.5 Å². The van der Waals surface area contributed by atoms with Crippen molar-refractivity contribution < 1.29 is 14.2 Å². The molecule has 0 fully saturated rings. The smallest absolute Gasteiger partial charge is 0.161 e. The highest BCUT2D eigenvalue weighted by atomic mass is 16.5. The average molecular weight is 251 g/mol. The largest absolute Gasteiger partial charge is 0.502 e. The van der Waals surface area contributed by atoms with Gasteiger partial charge in [0.25, 0.3) is 0 Å². The van der Waals surface area contributed by atoms with Crippen molar-refractivity contribution in [3.05, 3.63) is 36.6 Å². The number of hydrogen-bond acceptors (Lipinski definition) is 4. The Bertz CT molecular complexity index is 366. The van der Waals surface area contributed by atoms with Crippen molar-refractivity contribution in [1.82, 2.24) is 5.32 Å². The minimum absolute atomic E-state index is 0.697. The van der Waals surface area contributed by atoms with Crippen LogP contribution in [0.25, 0.3) is 0 Å². The van der Waals surface area contributed by atoms with E-state index >= 15 is 0 Å². The molecule has 0 saturated carbocycles. The molecule has 0 aliphatic rings. The van der Waals surface area contributed by atoms with Crippen LogP contribution in [0.1, 0.15) is 12.0 Å². The van der Waals surface area contributed by atoms with Gasteiger partial charge >= 0.3 is 0 Å². The van der Waals surface area contributed by atoms with E-state index in [0.717, 1.165) is 36.6 Å². The normalized spacial score (nSPS) is 9.89. The summed E-state index contributed by atoms with van der Waals surface area (Å²) in [5, 5.41) is 3.34. The maximum absolute atomic E-state index is 5.25. The summed E-state index contributed by atoms with van der Waals surface area (Å²) in [7, 11) is 3.27. The van der Waals surface area contributed by atoms with Crippen LogP contribution >= 0.6 is 0 Å². The van der Waals surface area contributed by atoms with E-state index in [-0.39, 0.29) is 0 Å². The quantitative estimate of drug-likeness (QED) is 0.540. The van der Waals surface area contributed by atoms with E-state index in [9.17, 15) is 0 Å². The van der Waals surface area contributed by atoms with Gasteiger partial charge in [-0.1, -0.05) is 12.6 Å². The summed E-state index contributed by atoms with van der Waals surface area (Å²) in [4.78, 5) is 0.